The number of amides is 1. The Bertz CT molecular complexity index is 830. The molecule has 8 nitrogen and oxygen atoms in total. The molecule has 0 unspecified atom stereocenters. The number of pyridine rings is 1. The lowest BCUT2D eigenvalue weighted by molar-refractivity contribution is -0.386. The van der Waals surface area contributed by atoms with Crippen LogP contribution in [-0.2, 0) is 11.2 Å². The monoisotopic (exact) mass is 374 g/mol. The number of nitrogens with two attached hydrogens (primary N) is 1. The van der Waals surface area contributed by atoms with Gasteiger partial charge in [-0.2, -0.15) is 0 Å². The van der Waals surface area contributed by atoms with Crippen molar-refractivity contribution in [2.24, 2.45) is 5.73 Å². The maximum Gasteiger partial charge on any atom is 0.331 e. The van der Waals surface area contributed by atoms with E-state index in [9.17, 15) is 19.3 Å². The molecule has 2 atom stereocenters. The van der Waals surface area contributed by atoms with Crippen molar-refractivity contribution in [2.45, 2.75) is 25.1 Å². The second kappa shape index (κ2) is 8.09. The molecule has 1 aliphatic rings. The quantitative estimate of drug-likeness (QED) is 0.613. The lowest BCUT2D eigenvalue weighted by Gasteiger charge is -2.20. The Kier molecular flexibility index (Phi) is 5.60. The molecular formula is C18H19FN4O4. The van der Waals surface area contributed by atoms with Crippen LogP contribution >= 0.6 is 0 Å². The third kappa shape index (κ3) is 4.56. The fourth-order valence-electron chi connectivity index (χ4n) is 2.90. The van der Waals surface area contributed by atoms with E-state index in [0.29, 0.717) is 25.1 Å². The number of likely N-dealkylation sites (tertiary alicyclic amines) is 1. The first-order chi connectivity index (χ1) is 12.9. The van der Waals surface area contributed by atoms with Crippen molar-refractivity contribution >= 4 is 11.6 Å². The molecule has 0 aliphatic carbocycles. The average Bonchev–Trinajstić information content (AvgIpc) is 3.09. The molecule has 2 heterocycles. The van der Waals surface area contributed by atoms with E-state index in [2.05, 4.69) is 4.98 Å². The molecular weight excluding hydrogens is 355 g/mol. The highest BCUT2D eigenvalue weighted by molar-refractivity contribution is 5.82. The van der Waals surface area contributed by atoms with Gasteiger partial charge in [0.1, 0.15) is 11.9 Å². The summed E-state index contributed by atoms with van der Waals surface area (Å²) >= 11 is 0. The molecule has 27 heavy (non-hydrogen) atoms. The number of hydrogen-bond acceptors (Lipinski definition) is 6. The van der Waals surface area contributed by atoms with Gasteiger partial charge in [0.25, 0.3) is 5.88 Å². The zero-order valence-electron chi connectivity index (χ0n) is 14.5. The Balaban J connectivity index is 1.62. The van der Waals surface area contributed by atoms with E-state index in [4.69, 9.17) is 10.5 Å². The van der Waals surface area contributed by atoms with Crippen LogP contribution in [0.3, 0.4) is 0 Å². The Morgan fingerprint density at radius 1 is 1.41 bits per heavy atom. The summed E-state index contributed by atoms with van der Waals surface area (Å²) in [6.07, 6.45) is 1.08. The molecule has 2 N–H and O–H groups in total. The number of ether oxygens (including phenoxy) is 1. The molecule has 0 bridgehead atoms. The van der Waals surface area contributed by atoms with Gasteiger partial charge in [-0.25, -0.2) is 9.37 Å². The van der Waals surface area contributed by atoms with Crippen molar-refractivity contribution in [3.8, 4) is 11.6 Å². The number of halogens is 1. The average molecular weight is 374 g/mol. The lowest BCUT2D eigenvalue weighted by atomic mass is 10.1. The molecule has 0 radical (unpaired) electrons. The van der Waals surface area contributed by atoms with Crippen molar-refractivity contribution in [1.82, 2.24) is 9.88 Å². The summed E-state index contributed by atoms with van der Waals surface area (Å²) in [5.41, 5.74) is 6.53. The highest BCUT2D eigenvalue weighted by atomic mass is 19.1. The maximum absolute atomic E-state index is 13.2. The van der Waals surface area contributed by atoms with E-state index in [1.54, 1.807) is 24.3 Å². The summed E-state index contributed by atoms with van der Waals surface area (Å²) in [5, 5.41) is 11.0. The minimum Gasteiger partial charge on any atom is -0.434 e. The number of nitrogens with zero attached hydrogens (tertiary/aromatic N) is 3. The van der Waals surface area contributed by atoms with Crippen LogP contribution < -0.4 is 10.5 Å². The number of rotatable bonds is 6. The summed E-state index contributed by atoms with van der Waals surface area (Å²) in [5.74, 6) is 0.0109. The molecule has 9 heteroatoms. The van der Waals surface area contributed by atoms with Crippen LogP contribution in [-0.4, -0.2) is 46.0 Å². The number of alkyl halides is 1. The van der Waals surface area contributed by atoms with Gasteiger partial charge in [-0.05, 0) is 36.6 Å². The molecule has 2 aromatic rings. The van der Waals surface area contributed by atoms with E-state index in [0.717, 1.165) is 5.56 Å². The van der Waals surface area contributed by atoms with Crippen LogP contribution in [0.1, 0.15) is 12.0 Å². The summed E-state index contributed by atoms with van der Waals surface area (Å²) in [7, 11) is 0. The number of aromatic nitrogens is 1. The van der Waals surface area contributed by atoms with Gasteiger partial charge in [-0.1, -0.05) is 12.1 Å². The minimum atomic E-state index is -0.978. The van der Waals surface area contributed by atoms with E-state index in [-0.39, 0.29) is 24.0 Å². The molecule has 1 aromatic carbocycles. The Morgan fingerprint density at radius 3 is 2.78 bits per heavy atom. The van der Waals surface area contributed by atoms with Crippen molar-refractivity contribution < 1.29 is 18.8 Å². The Hall–Kier alpha value is -3.07. The zero-order chi connectivity index (χ0) is 19.4. The molecule has 1 fully saturated rings. The van der Waals surface area contributed by atoms with E-state index in [1.165, 1.54) is 23.2 Å². The maximum atomic E-state index is 13.2. The van der Waals surface area contributed by atoms with Gasteiger partial charge in [-0.3, -0.25) is 14.9 Å². The predicted molar refractivity (Wildman–Crippen MR) is 95.2 cm³/mol. The Labute approximate surface area is 154 Å². The number of hydrogen-bond donors (Lipinski definition) is 1. The SMILES string of the molecule is N[C@@H](Cc1ccc(Oc2ncccc2[N+](=O)[O-])cc1)C(=O)N1CC[C@H](F)C1. The van der Waals surface area contributed by atoms with Crippen LogP contribution in [0.2, 0.25) is 0 Å². The molecule has 0 saturated carbocycles. The summed E-state index contributed by atoms with van der Waals surface area (Å²) in [6.45, 7) is 0.492. The van der Waals surface area contributed by atoms with Gasteiger partial charge in [0.15, 0.2) is 0 Å². The van der Waals surface area contributed by atoms with Gasteiger partial charge < -0.3 is 15.4 Å². The topological polar surface area (TPSA) is 112 Å². The van der Waals surface area contributed by atoms with Gasteiger partial charge in [-0.15, -0.1) is 0 Å². The van der Waals surface area contributed by atoms with Crippen LogP contribution in [0.5, 0.6) is 11.6 Å². The molecule has 142 valence electrons. The predicted octanol–water partition coefficient (Wildman–Crippen LogP) is 2.22. The van der Waals surface area contributed by atoms with Gasteiger partial charge in [0, 0.05) is 18.8 Å². The standard InChI is InChI=1S/C18H19FN4O4/c19-13-7-9-22(11-13)18(24)15(20)10-12-3-5-14(6-4-12)27-17-16(23(25)26)2-1-8-21-17/h1-6,8,13,15H,7,9-11,20H2/t13-,15-/m0/s1. The summed E-state index contributed by atoms with van der Waals surface area (Å²) in [4.78, 5) is 28.0. The minimum absolute atomic E-state index is 0.0994. The van der Waals surface area contributed by atoms with Gasteiger partial charge >= 0.3 is 5.69 Å². The lowest BCUT2D eigenvalue weighted by Crippen LogP contribution is -2.44. The number of carbonyl (C=O) groups is 1. The van der Waals surface area contributed by atoms with Crippen molar-refractivity contribution in [2.75, 3.05) is 13.1 Å². The highest BCUT2D eigenvalue weighted by Crippen LogP contribution is 2.28. The van der Waals surface area contributed by atoms with Crippen LogP contribution in [0, 0.1) is 10.1 Å². The second-order valence-electron chi connectivity index (χ2n) is 6.31. The third-order valence-corrected chi connectivity index (χ3v) is 4.30. The molecule has 1 amide bonds. The van der Waals surface area contributed by atoms with Gasteiger partial charge in [0.2, 0.25) is 5.91 Å². The Morgan fingerprint density at radius 2 is 2.15 bits per heavy atom. The largest absolute Gasteiger partial charge is 0.434 e. The van der Waals surface area contributed by atoms with E-state index in [1.807, 2.05) is 0 Å². The normalized spacial score (nSPS) is 17.6. The summed E-state index contributed by atoms with van der Waals surface area (Å²) < 4.78 is 18.7. The zero-order valence-corrected chi connectivity index (χ0v) is 14.5. The van der Waals surface area contributed by atoms with Gasteiger partial charge in [0.05, 0.1) is 17.5 Å². The van der Waals surface area contributed by atoms with Crippen molar-refractivity contribution in [3.63, 3.8) is 0 Å². The smallest absolute Gasteiger partial charge is 0.331 e. The molecule has 1 aliphatic heterocycles. The van der Waals surface area contributed by atoms with Crippen LogP contribution in [0.4, 0.5) is 10.1 Å². The molecule has 1 aromatic heterocycles. The number of carbonyl (C=O) groups excluding carboxylic acids is 1. The first-order valence-corrected chi connectivity index (χ1v) is 8.48. The van der Waals surface area contributed by atoms with Crippen LogP contribution in [0.25, 0.3) is 0 Å². The molecule has 0 spiro atoms. The van der Waals surface area contributed by atoms with E-state index < -0.39 is 17.1 Å². The number of benzene rings is 1. The van der Waals surface area contributed by atoms with Crippen molar-refractivity contribution in [1.29, 1.82) is 0 Å². The first kappa shape index (κ1) is 18.7. The van der Waals surface area contributed by atoms with Crippen molar-refractivity contribution in [3.05, 3.63) is 58.3 Å². The summed E-state index contributed by atoms with van der Waals surface area (Å²) in [6, 6.07) is 8.70. The van der Waals surface area contributed by atoms with Crippen LogP contribution in [0.15, 0.2) is 42.6 Å². The van der Waals surface area contributed by atoms with E-state index >= 15 is 0 Å². The molecule has 3 rings (SSSR count). The second-order valence-corrected chi connectivity index (χ2v) is 6.31. The number of nitro groups is 1. The fourth-order valence-corrected chi connectivity index (χ4v) is 2.90. The fraction of sp³-hybridized carbons (Fsp3) is 0.333. The molecule has 1 saturated heterocycles. The highest BCUT2D eigenvalue weighted by Gasteiger charge is 2.29. The third-order valence-electron chi connectivity index (χ3n) is 4.30. The first-order valence-electron chi connectivity index (χ1n) is 8.48.